The second-order valence-corrected chi connectivity index (χ2v) is 5.35. The summed E-state index contributed by atoms with van der Waals surface area (Å²) in [4.78, 5) is 0.239. The Morgan fingerprint density at radius 1 is 1.12 bits per heavy atom. The zero-order chi connectivity index (χ0) is 11.2. The van der Waals surface area contributed by atoms with Crippen molar-refractivity contribution >= 4 is 20.6 Å². The minimum Gasteiger partial charge on any atom is -1.00 e. The molecule has 2 aromatic rings. The summed E-state index contributed by atoms with van der Waals surface area (Å²) in [7, 11) is -1.95. The Labute approximate surface area is 98.3 Å². The molecule has 1 atom stereocenters. The van der Waals surface area contributed by atoms with Gasteiger partial charge in [0.1, 0.15) is 5.82 Å². The summed E-state index contributed by atoms with van der Waals surface area (Å²) in [6, 6.07) is 4.99. The van der Waals surface area contributed by atoms with Crippen molar-refractivity contribution < 1.29 is 30.0 Å². The van der Waals surface area contributed by atoms with Gasteiger partial charge >= 0.3 is 5.51 Å². The number of hydrogen-bond acceptors (Lipinski definition) is 0. The van der Waals surface area contributed by atoms with Crippen LogP contribution >= 0.6 is 10.5 Å². The van der Waals surface area contributed by atoms with Crippen LogP contribution in [-0.2, 0) is 5.51 Å². The molecule has 0 N–H and O–H groups in total. The van der Waals surface area contributed by atoms with Crippen molar-refractivity contribution in [2.24, 2.45) is 0 Å². The van der Waals surface area contributed by atoms with E-state index in [1.165, 1.54) is 25.1 Å². The fourth-order valence-electron chi connectivity index (χ4n) is 1.56. The van der Waals surface area contributed by atoms with E-state index in [0.29, 0.717) is 5.39 Å². The number of aryl methyl sites for hydroxylation is 1. The predicted molar refractivity (Wildman–Crippen MR) is 52.4 cm³/mol. The van der Waals surface area contributed by atoms with E-state index in [9.17, 15) is 17.6 Å². The first kappa shape index (κ1) is 13.3. The number of benzene rings is 1. The zero-order valence-electron chi connectivity index (χ0n) is 8.11. The van der Waals surface area contributed by atoms with Gasteiger partial charge in [-0.3, -0.25) is 0 Å². The van der Waals surface area contributed by atoms with Crippen molar-refractivity contribution in [3.05, 3.63) is 35.0 Å². The molecule has 0 radical (unpaired) electrons. The van der Waals surface area contributed by atoms with E-state index in [-0.39, 0.29) is 22.0 Å². The van der Waals surface area contributed by atoms with Gasteiger partial charge in [0.2, 0.25) is 0 Å². The van der Waals surface area contributed by atoms with E-state index in [2.05, 4.69) is 0 Å². The van der Waals surface area contributed by atoms with Gasteiger partial charge in [-0.25, -0.2) is 4.39 Å². The van der Waals surface area contributed by atoms with Gasteiger partial charge in [-0.15, -0.1) is 13.2 Å². The van der Waals surface area contributed by atoms with Gasteiger partial charge in [0.15, 0.2) is 9.58 Å². The summed E-state index contributed by atoms with van der Waals surface area (Å²) in [6.45, 7) is 1.43. The molecule has 0 spiro atoms. The molecule has 1 aromatic carbocycles. The fourth-order valence-corrected chi connectivity index (χ4v) is 3.36. The lowest BCUT2D eigenvalue weighted by atomic mass is 10.2. The monoisotopic (exact) mass is 270 g/mol. The van der Waals surface area contributed by atoms with Gasteiger partial charge in [0.25, 0.3) is 0 Å². The topological polar surface area (TPSA) is 0 Å². The molecule has 6 heteroatoms. The van der Waals surface area contributed by atoms with E-state index in [0.717, 1.165) is 6.07 Å². The third-order valence-electron chi connectivity index (χ3n) is 2.11. The maximum atomic E-state index is 12.9. The van der Waals surface area contributed by atoms with E-state index in [1.54, 1.807) is 0 Å². The summed E-state index contributed by atoms with van der Waals surface area (Å²) in [5.74, 6) is -0.626. The second-order valence-electron chi connectivity index (χ2n) is 3.19. The molecule has 2 rings (SSSR count). The Balaban J connectivity index is 0.00000128. The molecule has 0 aliphatic heterocycles. The van der Waals surface area contributed by atoms with Crippen LogP contribution in [0.15, 0.2) is 24.3 Å². The van der Waals surface area contributed by atoms with Crippen LogP contribution in [0.1, 0.15) is 4.88 Å². The molecule has 0 bridgehead atoms. The molecule has 1 heterocycles. The Hall–Kier alpha value is -0.810. The number of alkyl halides is 3. The van der Waals surface area contributed by atoms with Crippen molar-refractivity contribution in [3.63, 3.8) is 0 Å². The molecule has 88 valence electrons. The fraction of sp³-hybridized carbons (Fsp3) is 0.200. The van der Waals surface area contributed by atoms with E-state index >= 15 is 0 Å². The summed E-state index contributed by atoms with van der Waals surface area (Å²) < 4.78 is 50.9. The number of hydrogen-bond donors (Lipinski definition) is 0. The highest BCUT2D eigenvalue weighted by Crippen LogP contribution is 2.50. The SMILES string of the molecule is Cc1cc2ccc(F)cc2[s+]1C(F)(F)F.[Cl-]. The van der Waals surface area contributed by atoms with Crippen molar-refractivity contribution in [1.29, 1.82) is 0 Å². The van der Waals surface area contributed by atoms with Gasteiger partial charge in [-0.1, -0.05) is 0 Å². The third kappa shape index (κ3) is 2.15. The van der Waals surface area contributed by atoms with Gasteiger partial charge in [0, 0.05) is 24.4 Å². The lowest BCUT2D eigenvalue weighted by Crippen LogP contribution is -3.00. The van der Waals surface area contributed by atoms with Gasteiger partial charge in [0.05, 0.1) is 10.5 Å². The van der Waals surface area contributed by atoms with E-state index in [4.69, 9.17) is 0 Å². The lowest BCUT2D eigenvalue weighted by Gasteiger charge is -1.96. The summed E-state index contributed by atoms with van der Waals surface area (Å²) in [6.07, 6.45) is 0. The largest absolute Gasteiger partial charge is 1.00 e. The molecule has 1 aromatic heterocycles. The highest BCUT2D eigenvalue weighted by Gasteiger charge is 2.46. The number of halogens is 5. The van der Waals surface area contributed by atoms with Crippen molar-refractivity contribution in [3.8, 4) is 0 Å². The highest BCUT2D eigenvalue weighted by molar-refractivity contribution is 7.38. The van der Waals surface area contributed by atoms with Gasteiger partial charge in [-0.2, -0.15) is 0 Å². The smallest absolute Gasteiger partial charge is 0.600 e. The Morgan fingerprint density at radius 2 is 1.75 bits per heavy atom. The van der Waals surface area contributed by atoms with Crippen molar-refractivity contribution in [2.45, 2.75) is 12.4 Å². The standard InChI is InChI=1S/C10H7F4S.ClH/c1-6-4-7-2-3-8(11)5-9(7)15(6)10(12,13)14;/h2-5H,1H3;1H/q+1;/p-1. The van der Waals surface area contributed by atoms with Gasteiger partial charge < -0.3 is 12.4 Å². The van der Waals surface area contributed by atoms with Crippen LogP contribution in [-0.4, -0.2) is 0 Å². The van der Waals surface area contributed by atoms with Gasteiger partial charge in [-0.05, 0) is 12.1 Å². The maximum Gasteiger partial charge on any atom is 0.600 e. The first-order valence-electron chi connectivity index (χ1n) is 4.18. The Morgan fingerprint density at radius 3 is 2.31 bits per heavy atom. The molecular formula is C10H7ClF4S. The normalized spacial score (nSPS) is 12.7. The molecule has 0 saturated heterocycles. The van der Waals surface area contributed by atoms with Crippen LogP contribution in [0.2, 0.25) is 0 Å². The molecule has 1 unspecified atom stereocenters. The summed E-state index contributed by atoms with van der Waals surface area (Å²) in [5, 5.41) is 0.467. The Kier molecular flexibility index (Phi) is 3.50. The van der Waals surface area contributed by atoms with Crippen LogP contribution < -0.4 is 12.4 Å². The molecule has 16 heavy (non-hydrogen) atoms. The molecule has 0 saturated carbocycles. The Bertz CT molecular complexity index is 515. The molecule has 0 aliphatic rings. The number of rotatable bonds is 0. The first-order valence-corrected chi connectivity index (χ1v) is 5.41. The van der Waals surface area contributed by atoms with Crippen LogP contribution in [0.25, 0.3) is 10.1 Å². The average Bonchev–Trinajstić information content (AvgIpc) is 2.38. The van der Waals surface area contributed by atoms with Crippen LogP contribution in [0.3, 0.4) is 0 Å². The zero-order valence-corrected chi connectivity index (χ0v) is 9.68. The second kappa shape index (κ2) is 4.22. The highest BCUT2D eigenvalue weighted by atomic mass is 35.5. The lowest BCUT2D eigenvalue weighted by molar-refractivity contribution is -0.0867. The minimum atomic E-state index is -4.32. The molecule has 0 nitrogen and oxygen atoms in total. The molecule has 0 aliphatic carbocycles. The van der Waals surface area contributed by atoms with E-state index in [1.807, 2.05) is 0 Å². The molecule has 0 fully saturated rings. The summed E-state index contributed by atoms with van der Waals surface area (Å²) in [5.41, 5.74) is -4.32. The van der Waals surface area contributed by atoms with Crippen molar-refractivity contribution in [2.75, 3.05) is 0 Å². The van der Waals surface area contributed by atoms with Crippen LogP contribution in [0, 0.1) is 12.7 Å². The molecular weight excluding hydrogens is 264 g/mol. The maximum absolute atomic E-state index is 12.9. The van der Waals surface area contributed by atoms with Crippen LogP contribution in [0.4, 0.5) is 17.6 Å². The number of thiophene rings is 1. The quantitative estimate of drug-likeness (QED) is 0.503. The van der Waals surface area contributed by atoms with Crippen LogP contribution in [0.5, 0.6) is 0 Å². The molecule has 0 amide bonds. The summed E-state index contributed by atoms with van der Waals surface area (Å²) >= 11 is 0. The first-order chi connectivity index (χ1) is 6.89. The average molecular weight is 271 g/mol. The van der Waals surface area contributed by atoms with E-state index < -0.39 is 21.8 Å². The minimum absolute atomic E-state index is 0. The van der Waals surface area contributed by atoms with Crippen molar-refractivity contribution in [1.82, 2.24) is 0 Å². The number of fused-ring (bicyclic) bond motifs is 1. The predicted octanol–water partition coefficient (Wildman–Crippen LogP) is 1.52. The third-order valence-corrected chi connectivity index (χ3v) is 4.13.